The molecule has 0 spiro atoms. The van der Waals surface area contributed by atoms with Gasteiger partial charge in [-0.05, 0) is 54.4 Å². The summed E-state index contributed by atoms with van der Waals surface area (Å²) < 4.78 is 51.2. The smallest absolute Gasteiger partial charge is 0.354 e. The maximum atomic E-state index is 13.7. The second-order valence-electron chi connectivity index (χ2n) is 8.12. The van der Waals surface area contributed by atoms with Crippen molar-refractivity contribution in [3.8, 4) is 5.88 Å². The first kappa shape index (κ1) is 20.4. The number of amides is 2. The molecule has 0 fully saturated rings. The molecule has 1 unspecified atom stereocenters. The summed E-state index contributed by atoms with van der Waals surface area (Å²) in [6.45, 7) is 1.02. The molecule has 2 amide bonds. The number of ether oxygens (including phenoxy) is 1. The van der Waals surface area contributed by atoms with Gasteiger partial charge in [-0.1, -0.05) is 6.07 Å². The number of anilines is 1. The molecule has 2 heterocycles. The molecule has 166 valence electrons. The molecule has 1 aliphatic heterocycles. The maximum absolute atomic E-state index is 13.7. The van der Waals surface area contributed by atoms with Gasteiger partial charge in [0.1, 0.15) is 4.90 Å². The number of hydrogen-bond acceptors (Lipinski definition) is 4. The van der Waals surface area contributed by atoms with Crippen molar-refractivity contribution >= 4 is 21.6 Å². The number of nitrogens with two attached hydrogens (primary N) is 1. The Hall–Kier alpha value is -2.53. The zero-order chi connectivity index (χ0) is 21.8. The lowest BCUT2D eigenvalue weighted by Gasteiger charge is -2.19. The van der Waals surface area contributed by atoms with E-state index in [2.05, 4.69) is 14.8 Å². The summed E-state index contributed by atoms with van der Waals surface area (Å²) in [7, 11) is -3.63. The lowest BCUT2D eigenvalue weighted by molar-refractivity contribution is 0.114. The van der Waals surface area contributed by atoms with Gasteiger partial charge in [-0.2, -0.15) is 5.10 Å². The Balaban J connectivity index is 1.52. The molecule has 5 rings (SSSR count). The van der Waals surface area contributed by atoms with Gasteiger partial charge >= 0.3 is 6.03 Å². The van der Waals surface area contributed by atoms with Crippen molar-refractivity contribution in [2.75, 3.05) is 11.9 Å². The van der Waals surface area contributed by atoms with Crippen molar-refractivity contribution in [1.29, 1.82) is 0 Å². The van der Waals surface area contributed by atoms with E-state index in [1.165, 1.54) is 10.9 Å². The van der Waals surface area contributed by atoms with Gasteiger partial charge in [0, 0.05) is 24.6 Å². The number of alkyl halides is 2. The minimum Gasteiger partial charge on any atom is -0.477 e. The molecule has 2 aliphatic carbocycles. The van der Waals surface area contributed by atoms with Crippen molar-refractivity contribution in [1.82, 2.24) is 9.78 Å². The number of aromatic nitrogens is 2. The van der Waals surface area contributed by atoms with E-state index < -0.39 is 28.3 Å². The number of fused-ring (bicyclic) bond motifs is 3. The number of hydrogen-bond donors (Lipinski definition) is 2. The van der Waals surface area contributed by atoms with Crippen molar-refractivity contribution in [2.45, 2.75) is 62.3 Å². The topological polar surface area (TPSA) is 112 Å². The fourth-order valence-corrected chi connectivity index (χ4v) is 5.85. The summed E-state index contributed by atoms with van der Waals surface area (Å²) in [6, 6.07) is 1.07. The molecule has 1 aromatic heterocycles. The number of urea groups is 1. The highest BCUT2D eigenvalue weighted by molar-refractivity contribution is 7.91. The van der Waals surface area contributed by atoms with Crippen LogP contribution in [-0.4, -0.2) is 33.1 Å². The van der Waals surface area contributed by atoms with Crippen molar-refractivity contribution in [3.63, 3.8) is 0 Å². The Morgan fingerprint density at radius 3 is 2.97 bits per heavy atom. The second kappa shape index (κ2) is 7.56. The molecule has 0 saturated carbocycles. The highest BCUT2D eigenvalue weighted by Gasteiger charge is 2.36. The van der Waals surface area contributed by atoms with Crippen LogP contribution in [0.15, 0.2) is 21.5 Å². The van der Waals surface area contributed by atoms with Gasteiger partial charge < -0.3 is 10.1 Å². The van der Waals surface area contributed by atoms with Gasteiger partial charge in [0.15, 0.2) is 9.92 Å². The highest BCUT2D eigenvalue weighted by atomic mass is 32.2. The van der Waals surface area contributed by atoms with Crippen LogP contribution in [0.3, 0.4) is 0 Å². The molecule has 1 aromatic carbocycles. The SMILES string of the molecule is NS(=O)(=NC(=O)Nc1c2c(cc3c1[C@H](C(F)F)CC3)CCC2)c1cnn2c1OCCC2. The lowest BCUT2D eigenvalue weighted by atomic mass is 9.94. The van der Waals surface area contributed by atoms with Gasteiger partial charge in [0.2, 0.25) is 12.3 Å². The van der Waals surface area contributed by atoms with Gasteiger partial charge in [0.25, 0.3) is 0 Å². The number of benzene rings is 1. The lowest BCUT2D eigenvalue weighted by Crippen LogP contribution is -2.21. The Bertz CT molecular complexity index is 1190. The van der Waals surface area contributed by atoms with Crippen LogP contribution in [-0.2, 0) is 35.7 Å². The Kier molecular flexibility index (Phi) is 4.97. The van der Waals surface area contributed by atoms with E-state index in [1.54, 1.807) is 0 Å². The standard InChI is InChI=1S/C20H23F2N5O3S/c21-18(22)14-6-5-12-9-11-3-1-4-13(11)17(16(12)14)25-20(28)26-31(23,29)15-10-24-27-7-2-8-30-19(15)27/h9-10,14,18H,1-8H2,(H3,23,25,26,28,29)/t14-,31?/m1/s1. The molecule has 31 heavy (non-hydrogen) atoms. The Morgan fingerprint density at radius 2 is 2.16 bits per heavy atom. The van der Waals surface area contributed by atoms with Gasteiger partial charge in [0.05, 0.1) is 12.8 Å². The van der Waals surface area contributed by atoms with Crippen LogP contribution in [0.1, 0.15) is 47.4 Å². The van der Waals surface area contributed by atoms with E-state index in [9.17, 15) is 17.8 Å². The molecule has 8 nitrogen and oxygen atoms in total. The molecule has 2 atom stereocenters. The largest absolute Gasteiger partial charge is 0.477 e. The third-order valence-corrected chi connectivity index (χ3v) is 7.55. The number of halogens is 2. The Labute approximate surface area is 178 Å². The number of carbonyl (C=O) groups excluding carboxylic acids is 1. The zero-order valence-corrected chi connectivity index (χ0v) is 17.6. The summed E-state index contributed by atoms with van der Waals surface area (Å²) in [4.78, 5) is 12.8. The molecule has 11 heteroatoms. The molecule has 0 bridgehead atoms. The van der Waals surface area contributed by atoms with E-state index in [1.807, 2.05) is 6.07 Å². The molecule has 3 N–H and O–H groups in total. The van der Waals surface area contributed by atoms with Crippen LogP contribution in [0.4, 0.5) is 19.3 Å². The average molecular weight is 451 g/mol. The van der Waals surface area contributed by atoms with E-state index >= 15 is 0 Å². The molecule has 2 aromatic rings. The monoisotopic (exact) mass is 451 g/mol. The maximum Gasteiger partial charge on any atom is 0.354 e. The first-order valence-electron chi connectivity index (χ1n) is 10.4. The van der Waals surface area contributed by atoms with Crippen LogP contribution in [0.2, 0.25) is 0 Å². The van der Waals surface area contributed by atoms with Gasteiger partial charge in [-0.15, -0.1) is 4.36 Å². The number of aryl methyl sites for hydroxylation is 3. The molecular weight excluding hydrogens is 428 g/mol. The second-order valence-corrected chi connectivity index (χ2v) is 9.88. The van der Waals surface area contributed by atoms with Crippen molar-refractivity contribution in [3.05, 3.63) is 34.5 Å². The molecule has 3 aliphatic rings. The van der Waals surface area contributed by atoms with Crippen LogP contribution in [0.25, 0.3) is 0 Å². The molecule has 0 saturated heterocycles. The predicted molar refractivity (Wildman–Crippen MR) is 110 cm³/mol. The number of nitrogens with one attached hydrogen (secondary N) is 1. The zero-order valence-electron chi connectivity index (χ0n) is 16.8. The first-order valence-corrected chi connectivity index (χ1v) is 11.9. The van der Waals surface area contributed by atoms with Crippen LogP contribution in [0.5, 0.6) is 5.88 Å². The van der Waals surface area contributed by atoms with E-state index in [4.69, 9.17) is 9.88 Å². The first-order chi connectivity index (χ1) is 14.8. The molecular formula is C20H23F2N5O3S. The van der Waals surface area contributed by atoms with Crippen LogP contribution in [0, 0.1) is 0 Å². The van der Waals surface area contributed by atoms with Gasteiger partial charge in [-0.25, -0.2) is 27.6 Å². The third-order valence-electron chi connectivity index (χ3n) is 6.20. The summed E-state index contributed by atoms with van der Waals surface area (Å²) in [5.41, 5.74) is 3.65. The van der Waals surface area contributed by atoms with Crippen LogP contribution < -0.4 is 15.2 Å². The fraction of sp³-hybridized carbons (Fsp3) is 0.500. The summed E-state index contributed by atoms with van der Waals surface area (Å²) in [6.07, 6.45) is 2.84. The number of rotatable bonds is 3. The van der Waals surface area contributed by atoms with Crippen molar-refractivity contribution in [2.24, 2.45) is 9.50 Å². The fourth-order valence-electron chi connectivity index (χ4n) is 4.85. The minimum atomic E-state index is -3.63. The van der Waals surface area contributed by atoms with E-state index in [0.29, 0.717) is 43.7 Å². The van der Waals surface area contributed by atoms with Gasteiger partial charge in [-0.3, -0.25) is 0 Å². The number of carbonyl (C=O) groups is 1. The van der Waals surface area contributed by atoms with Crippen molar-refractivity contribution < 1.29 is 22.5 Å². The average Bonchev–Trinajstić information content (AvgIpc) is 3.44. The quantitative estimate of drug-likeness (QED) is 0.745. The van der Waals surface area contributed by atoms with E-state index in [0.717, 1.165) is 36.0 Å². The minimum absolute atomic E-state index is 0.0522. The predicted octanol–water partition coefficient (Wildman–Crippen LogP) is 3.38. The third kappa shape index (κ3) is 3.49. The molecule has 0 radical (unpaired) electrons. The van der Waals surface area contributed by atoms with Crippen LogP contribution >= 0.6 is 0 Å². The number of nitrogens with zero attached hydrogens (tertiary/aromatic N) is 3. The summed E-state index contributed by atoms with van der Waals surface area (Å²) >= 11 is 0. The van der Waals surface area contributed by atoms with E-state index in [-0.39, 0.29) is 10.8 Å². The Morgan fingerprint density at radius 1 is 1.32 bits per heavy atom. The summed E-state index contributed by atoms with van der Waals surface area (Å²) in [5, 5.41) is 12.7. The highest BCUT2D eigenvalue weighted by Crippen LogP contribution is 2.46. The summed E-state index contributed by atoms with van der Waals surface area (Å²) in [5.74, 6) is -0.691. The normalized spacial score (nSPS) is 21.1.